The molecule has 148 valence electrons. The van der Waals surface area contributed by atoms with Crippen molar-refractivity contribution in [2.45, 2.75) is 6.04 Å². The average Bonchev–Trinajstić information content (AvgIpc) is 3.21. The maximum Gasteiger partial charge on any atom is 0.236 e. The van der Waals surface area contributed by atoms with Gasteiger partial charge in [0.2, 0.25) is 11.9 Å². The Morgan fingerprint density at radius 3 is 2.55 bits per heavy atom. The number of carbonyl (C=O) groups excluding carboxylic acids is 1. The Labute approximate surface area is 168 Å². The van der Waals surface area contributed by atoms with Crippen molar-refractivity contribution in [2.75, 3.05) is 24.9 Å². The van der Waals surface area contributed by atoms with Crippen LogP contribution in [0.2, 0.25) is 0 Å². The number of hydrogen-bond donors (Lipinski definition) is 2. The van der Waals surface area contributed by atoms with Gasteiger partial charge < -0.3 is 20.1 Å². The van der Waals surface area contributed by atoms with Gasteiger partial charge in [0.05, 0.1) is 19.9 Å². The van der Waals surface area contributed by atoms with Gasteiger partial charge in [0, 0.05) is 11.3 Å². The molecule has 3 aromatic rings. The third kappa shape index (κ3) is 3.29. The van der Waals surface area contributed by atoms with Crippen LogP contribution in [-0.2, 0) is 4.79 Å². The van der Waals surface area contributed by atoms with Crippen LogP contribution in [0.5, 0.6) is 11.5 Å². The van der Waals surface area contributed by atoms with Crippen molar-refractivity contribution in [1.82, 2.24) is 14.8 Å². The van der Waals surface area contributed by atoms with Gasteiger partial charge in [-0.3, -0.25) is 4.79 Å². The van der Waals surface area contributed by atoms with Gasteiger partial charge >= 0.3 is 0 Å². The molecule has 2 unspecified atom stereocenters. The van der Waals surface area contributed by atoms with E-state index < -0.39 is 12.0 Å². The van der Waals surface area contributed by atoms with E-state index in [4.69, 9.17) is 9.47 Å². The van der Waals surface area contributed by atoms with Crippen LogP contribution < -0.4 is 20.1 Å². The first-order chi connectivity index (χ1) is 14.1. The fraction of sp³-hybridized carbons (Fsp3) is 0.190. The molecule has 0 bridgehead atoms. The molecule has 29 heavy (non-hydrogen) atoms. The van der Waals surface area contributed by atoms with Gasteiger partial charge in [-0.05, 0) is 18.2 Å². The highest BCUT2D eigenvalue weighted by Crippen LogP contribution is 2.41. The number of nitrogens with one attached hydrogen (secondary N) is 2. The van der Waals surface area contributed by atoms with Gasteiger partial charge in [0.15, 0.2) is 0 Å². The van der Waals surface area contributed by atoms with Crippen LogP contribution in [0.15, 0.2) is 67.1 Å². The zero-order chi connectivity index (χ0) is 20.4. The van der Waals surface area contributed by atoms with Crippen LogP contribution in [0.3, 0.4) is 0 Å². The second-order valence-electron chi connectivity index (χ2n) is 6.53. The molecule has 1 aromatic heterocycles. The predicted octanol–water partition coefficient (Wildman–Crippen LogP) is 3.08. The molecule has 2 aromatic carbocycles. The molecule has 0 fully saturated rings. The van der Waals surface area contributed by atoms with E-state index in [0.29, 0.717) is 28.8 Å². The van der Waals surface area contributed by atoms with Gasteiger partial charge in [0.25, 0.3) is 0 Å². The predicted molar refractivity (Wildman–Crippen MR) is 109 cm³/mol. The van der Waals surface area contributed by atoms with Gasteiger partial charge in [0.1, 0.15) is 29.8 Å². The fourth-order valence-corrected chi connectivity index (χ4v) is 3.58. The number of anilines is 2. The summed E-state index contributed by atoms with van der Waals surface area (Å²) in [6, 6.07) is 14.3. The summed E-state index contributed by atoms with van der Waals surface area (Å²) in [4.78, 5) is 17.6. The Morgan fingerprint density at radius 2 is 1.79 bits per heavy atom. The normalized spacial score (nSPS) is 17.8. The lowest BCUT2D eigenvalue weighted by Gasteiger charge is -2.34. The number of para-hydroxylation sites is 3. The molecule has 0 saturated heterocycles. The number of amides is 1. The molecule has 4 rings (SSSR count). The second kappa shape index (κ2) is 7.67. The number of ether oxygens (including phenoxy) is 2. The molecule has 0 saturated carbocycles. The Bertz CT molecular complexity index is 1060. The Balaban J connectivity index is 1.77. The maximum atomic E-state index is 13.4. The van der Waals surface area contributed by atoms with E-state index in [2.05, 4.69) is 27.3 Å². The van der Waals surface area contributed by atoms with Crippen molar-refractivity contribution in [2.24, 2.45) is 5.92 Å². The van der Waals surface area contributed by atoms with E-state index in [-0.39, 0.29) is 5.91 Å². The lowest BCUT2D eigenvalue weighted by molar-refractivity contribution is -0.119. The number of nitrogens with zero attached hydrogens (tertiary/aromatic N) is 3. The van der Waals surface area contributed by atoms with Crippen LogP contribution in [-0.4, -0.2) is 34.9 Å². The first-order valence-corrected chi connectivity index (χ1v) is 9.06. The van der Waals surface area contributed by atoms with Crippen molar-refractivity contribution in [3.63, 3.8) is 0 Å². The van der Waals surface area contributed by atoms with Crippen molar-refractivity contribution >= 4 is 17.5 Å². The fourth-order valence-electron chi connectivity index (χ4n) is 3.58. The van der Waals surface area contributed by atoms with Crippen molar-refractivity contribution in [1.29, 1.82) is 0 Å². The molecule has 0 spiro atoms. The van der Waals surface area contributed by atoms with E-state index in [0.717, 1.165) is 5.56 Å². The number of benzene rings is 2. The summed E-state index contributed by atoms with van der Waals surface area (Å²) in [5.41, 5.74) is 1.91. The summed E-state index contributed by atoms with van der Waals surface area (Å²) in [7, 11) is 3.16. The molecule has 0 aliphatic carbocycles. The number of hydrogen-bond acceptors (Lipinski definition) is 6. The SMILES string of the molecule is C=C1Nc2ncnn2C(c2ccccc2OC)C1C(=O)Nc1ccccc1OC. The van der Waals surface area contributed by atoms with Crippen LogP contribution in [0.25, 0.3) is 0 Å². The highest BCUT2D eigenvalue weighted by molar-refractivity contribution is 5.97. The average molecular weight is 391 g/mol. The molecule has 2 N–H and O–H groups in total. The number of rotatable bonds is 5. The largest absolute Gasteiger partial charge is 0.496 e. The van der Waals surface area contributed by atoms with Crippen molar-refractivity contribution in [3.8, 4) is 11.5 Å². The summed E-state index contributed by atoms with van der Waals surface area (Å²) in [6.07, 6.45) is 1.44. The first kappa shape index (κ1) is 18.5. The van der Waals surface area contributed by atoms with Gasteiger partial charge in [-0.15, -0.1) is 0 Å². The van der Waals surface area contributed by atoms with E-state index >= 15 is 0 Å². The topological polar surface area (TPSA) is 90.3 Å². The minimum Gasteiger partial charge on any atom is -0.496 e. The van der Waals surface area contributed by atoms with Crippen LogP contribution >= 0.6 is 0 Å². The summed E-state index contributed by atoms with van der Waals surface area (Å²) in [5, 5.41) is 10.4. The zero-order valence-electron chi connectivity index (χ0n) is 16.1. The van der Waals surface area contributed by atoms with Crippen LogP contribution in [0.1, 0.15) is 11.6 Å². The smallest absolute Gasteiger partial charge is 0.236 e. The lowest BCUT2D eigenvalue weighted by Crippen LogP contribution is -2.39. The van der Waals surface area contributed by atoms with Gasteiger partial charge in [-0.1, -0.05) is 36.9 Å². The quantitative estimate of drug-likeness (QED) is 0.695. The monoisotopic (exact) mass is 391 g/mol. The van der Waals surface area contributed by atoms with Crippen molar-refractivity contribution < 1.29 is 14.3 Å². The highest BCUT2D eigenvalue weighted by atomic mass is 16.5. The Kier molecular flexibility index (Phi) is 4.90. The number of aromatic nitrogens is 3. The summed E-state index contributed by atoms with van der Waals surface area (Å²) in [6.45, 7) is 4.09. The maximum absolute atomic E-state index is 13.4. The first-order valence-electron chi connectivity index (χ1n) is 9.06. The molecule has 1 aliphatic heterocycles. The molecule has 2 atom stereocenters. The van der Waals surface area contributed by atoms with Crippen LogP contribution in [0, 0.1) is 5.92 Å². The Hall–Kier alpha value is -3.81. The van der Waals surface area contributed by atoms with E-state index in [1.807, 2.05) is 36.4 Å². The van der Waals surface area contributed by atoms with Crippen molar-refractivity contribution in [3.05, 3.63) is 72.7 Å². The molecule has 8 heteroatoms. The van der Waals surface area contributed by atoms with Crippen LogP contribution in [0.4, 0.5) is 11.6 Å². The van der Waals surface area contributed by atoms with E-state index in [9.17, 15) is 4.79 Å². The molecular weight excluding hydrogens is 370 g/mol. The van der Waals surface area contributed by atoms with E-state index in [1.54, 1.807) is 31.0 Å². The van der Waals surface area contributed by atoms with Gasteiger partial charge in [-0.2, -0.15) is 10.1 Å². The molecule has 1 amide bonds. The summed E-state index contributed by atoms with van der Waals surface area (Å²) < 4.78 is 12.6. The highest BCUT2D eigenvalue weighted by Gasteiger charge is 2.41. The third-order valence-corrected chi connectivity index (χ3v) is 4.90. The lowest BCUT2D eigenvalue weighted by atomic mass is 9.88. The molecule has 0 radical (unpaired) electrons. The minimum absolute atomic E-state index is 0.246. The zero-order valence-corrected chi connectivity index (χ0v) is 16.1. The molecule has 8 nitrogen and oxygen atoms in total. The molecule has 2 heterocycles. The molecule has 1 aliphatic rings. The molecular formula is C21H21N5O3. The summed E-state index contributed by atoms with van der Waals surface area (Å²) in [5.74, 6) is 0.843. The number of methoxy groups -OCH3 is 2. The number of fused-ring (bicyclic) bond motifs is 1. The third-order valence-electron chi connectivity index (χ3n) is 4.90. The Morgan fingerprint density at radius 1 is 1.10 bits per heavy atom. The number of carbonyl (C=O) groups is 1. The minimum atomic E-state index is -0.662. The van der Waals surface area contributed by atoms with E-state index in [1.165, 1.54) is 6.33 Å². The standard InChI is InChI=1S/C21H21N5O3/c1-13-18(20(27)25-15-9-5-7-11-17(15)29-3)19(26-21(24-13)22-12-23-26)14-8-4-6-10-16(14)28-2/h4-12,18-19H,1H2,2-3H3,(H,25,27)(H,22,23,24). The van der Waals surface area contributed by atoms with Gasteiger partial charge in [-0.25, -0.2) is 4.68 Å². The summed E-state index contributed by atoms with van der Waals surface area (Å²) >= 11 is 0. The second-order valence-corrected chi connectivity index (χ2v) is 6.53.